The second-order valence-corrected chi connectivity index (χ2v) is 13.7. The Hall–Kier alpha value is -3.78. The van der Waals surface area contributed by atoms with Crippen LogP contribution in [0.15, 0.2) is 73.1 Å². The minimum Gasteiger partial charge on any atom is -0.339 e. The van der Waals surface area contributed by atoms with Crippen LogP contribution >= 0.6 is 0 Å². The summed E-state index contributed by atoms with van der Waals surface area (Å²) in [6, 6.07) is 23.8. The number of aryl methyl sites for hydroxylation is 8. The minimum atomic E-state index is 0.202. The second kappa shape index (κ2) is 13.7. The Bertz CT molecular complexity index is 1540. The normalized spacial score (nSPS) is 14.4. The first-order valence-electron chi connectivity index (χ1n) is 16.9. The molecule has 2 radical (unpaired) electrons. The largest absolute Gasteiger partial charge is 0.339 e. The minimum absolute atomic E-state index is 0.202. The topological polar surface area (TPSA) is 6.48 Å². The van der Waals surface area contributed by atoms with Crippen LogP contribution in [0.1, 0.15) is 107 Å². The van der Waals surface area contributed by atoms with Crippen molar-refractivity contribution in [3.8, 4) is 22.3 Å². The number of hydrogen-bond acceptors (Lipinski definition) is 2. The van der Waals surface area contributed by atoms with Crippen LogP contribution in [-0.4, -0.2) is 9.80 Å². The van der Waals surface area contributed by atoms with E-state index in [2.05, 4.69) is 159 Å². The molecule has 1 aliphatic rings. The van der Waals surface area contributed by atoms with E-state index >= 15 is 0 Å². The van der Waals surface area contributed by atoms with Gasteiger partial charge in [0.15, 0.2) is 0 Å². The lowest BCUT2D eigenvalue weighted by Gasteiger charge is -2.35. The molecule has 4 aromatic rings. The zero-order valence-electron chi connectivity index (χ0n) is 29.3. The van der Waals surface area contributed by atoms with E-state index in [9.17, 15) is 0 Å². The van der Waals surface area contributed by atoms with Crippen molar-refractivity contribution >= 4 is 0 Å². The second-order valence-electron chi connectivity index (χ2n) is 13.7. The highest BCUT2D eigenvalue weighted by atomic mass is 15.4. The molecule has 45 heavy (non-hydrogen) atoms. The Morgan fingerprint density at radius 1 is 0.467 bits per heavy atom. The molecule has 234 valence electrons. The molecular formula is C43H52N2. The molecule has 0 saturated heterocycles. The fraction of sp³-hybridized carbons (Fsp3) is 0.372. The van der Waals surface area contributed by atoms with Crippen molar-refractivity contribution in [2.75, 3.05) is 0 Å². The molecule has 0 fully saturated rings. The molecule has 2 atom stereocenters. The molecule has 0 aromatic heterocycles. The molecule has 0 N–H and O–H groups in total. The number of rotatable bonds is 10. The summed E-state index contributed by atoms with van der Waals surface area (Å²) < 4.78 is 0. The van der Waals surface area contributed by atoms with Crippen LogP contribution in [0.2, 0.25) is 0 Å². The third-order valence-electron chi connectivity index (χ3n) is 9.21. The van der Waals surface area contributed by atoms with Crippen molar-refractivity contribution in [2.45, 2.75) is 107 Å². The fourth-order valence-corrected chi connectivity index (χ4v) is 7.66. The molecule has 1 heterocycles. The fourth-order valence-electron chi connectivity index (χ4n) is 7.66. The number of nitrogens with zero attached hydrogens (tertiary/aromatic N) is 2. The van der Waals surface area contributed by atoms with Crippen LogP contribution in [-0.2, 0) is 0 Å². The molecule has 2 heteroatoms. The van der Waals surface area contributed by atoms with E-state index in [1.54, 1.807) is 0 Å². The van der Waals surface area contributed by atoms with E-state index < -0.39 is 0 Å². The summed E-state index contributed by atoms with van der Waals surface area (Å²) in [6.45, 7) is 26.4. The van der Waals surface area contributed by atoms with Gasteiger partial charge in [-0.05, 0) is 113 Å². The van der Waals surface area contributed by atoms with Gasteiger partial charge in [0.1, 0.15) is 0 Å². The van der Waals surface area contributed by atoms with Crippen molar-refractivity contribution in [1.29, 1.82) is 0 Å². The van der Waals surface area contributed by atoms with Crippen LogP contribution in [0.5, 0.6) is 0 Å². The van der Waals surface area contributed by atoms with Crippen LogP contribution in [0.25, 0.3) is 22.3 Å². The predicted octanol–water partition coefficient (Wildman–Crippen LogP) is 12.0. The third kappa shape index (κ3) is 7.06. The van der Waals surface area contributed by atoms with Gasteiger partial charge in [-0.25, -0.2) is 0 Å². The summed E-state index contributed by atoms with van der Waals surface area (Å²) in [5, 5.41) is 0. The van der Waals surface area contributed by atoms with Gasteiger partial charge in [0.2, 0.25) is 6.67 Å². The lowest BCUT2D eigenvalue weighted by Crippen LogP contribution is -2.28. The van der Waals surface area contributed by atoms with Crippen LogP contribution < -0.4 is 0 Å². The van der Waals surface area contributed by atoms with Crippen molar-refractivity contribution in [3.63, 3.8) is 0 Å². The SMILES string of the molecule is CCC[C@H](c1c(C)cc(C)cc1-c1cc(C)cc(C)c1)N1[C]N([C@H](CCC)c2c(C)cc(C)cc2-c2cc(C)cc(C)c2)C=C1. The monoisotopic (exact) mass is 596 g/mol. The lowest BCUT2D eigenvalue weighted by molar-refractivity contribution is 0.226. The van der Waals surface area contributed by atoms with E-state index in [1.165, 1.54) is 77.9 Å². The van der Waals surface area contributed by atoms with Gasteiger partial charge in [0.05, 0.1) is 12.1 Å². The maximum atomic E-state index is 3.90. The Morgan fingerprint density at radius 2 is 0.800 bits per heavy atom. The quantitative estimate of drug-likeness (QED) is 0.180. The van der Waals surface area contributed by atoms with E-state index in [4.69, 9.17) is 0 Å². The highest BCUT2D eigenvalue weighted by Crippen LogP contribution is 2.44. The molecule has 5 rings (SSSR count). The van der Waals surface area contributed by atoms with Gasteiger partial charge in [0, 0.05) is 12.4 Å². The molecule has 0 aliphatic carbocycles. The lowest BCUT2D eigenvalue weighted by atomic mass is 9.86. The molecule has 0 spiro atoms. The molecule has 0 bridgehead atoms. The Morgan fingerprint density at radius 3 is 1.13 bits per heavy atom. The summed E-state index contributed by atoms with van der Waals surface area (Å²) in [5.41, 5.74) is 18.7. The molecular weight excluding hydrogens is 544 g/mol. The predicted molar refractivity (Wildman–Crippen MR) is 193 cm³/mol. The van der Waals surface area contributed by atoms with Gasteiger partial charge >= 0.3 is 0 Å². The van der Waals surface area contributed by atoms with Gasteiger partial charge in [-0.3, -0.25) is 0 Å². The van der Waals surface area contributed by atoms with E-state index in [0.717, 1.165) is 25.7 Å². The summed E-state index contributed by atoms with van der Waals surface area (Å²) in [4.78, 5) is 4.74. The zero-order valence-corrected chi connectivity index (χ0v) is 29.3. The Balaban J connectivity index is 1.56. The number of hydrogen-bond donors (Lipinski definition) is 0. The van der Waals surface area contributed by atoms with Gasteiger partial charge in [-0.2, -0.15) is 0 Å². The summed E-state index contributed by atoms with van der Waals surface area (Å²) in [7, 11) is 0. The highest BCUT2D eigenvalue weighted by molar-refractivity contribution is 5.73. The molecule has 1 aliphatic heterocycles. The maximum Gasteiger partial charge on any atom is 0.208 e. The third-order valence-corrected chi connectivity index (χ3v) is 9.21. The average molecular weight is 597 g/mol. The van der Waals surface area contributed by atoms with E-state index in [0.29, 0.717) is 0 Å². The number of benzene rings is 4. The molecule has 4 aromatic carbocycles. The van der Waals surface area contributed by atoms with Crippen LogP contribution in [0.4, 0.5) is 0 Å². The van der Waals surface area contributed by atoms with Crippen molar-refractivity contribution in [1.82, 2.24) is 9.80 Å². The van der Waals surface area contributed by atoms with Crippen molar-refractivity contribution in [3.05, 3.63) is 135 Å². The first-order valence-corrected chi connectivity index (χ1v) is 16.9. The summed E-state index contributed by atoms with van der Waals surface area (Å²) >= 11 is 0. The first kappa shape index (κ1) is 32.6. The summed E-state index contributed by atoms with van der Waals surface area (Å²) in [6.07, 6.45) is 8.86. The molecule has 2 nitrogen and oxygen atoms in total. The van der Waals surface area contributed by atoms with Gasteiger partial charge in [-0.1, -0.05) is 121 Å². The average Bonchev–Trinajstić information content (AvgIpc) is 3.43. The smallest absolute Gasteiger partial charge is 0.208 e. The first-order chi connectivity index (χ1) is 21.5. The van der Waals surface area contributed by atoms with Gasteiger partial charge < -0.3 is 9.80 Å². The Labute approximate surface area is 273 Å². The zero-order chi connectivity index (χ0) is 32.4. The van der Waals surface area contributed by atoms with Gasteiger partial charge in [-0.15, -0.1) is 0 Å². The van der Waals surface area contributed by atoms with Crippen LogP contribution in [0.3, 0.4) is 0 Å². The van der Waals surface area contributed by atoms with Gasteiger partial charge in [0.25, 0.3) is 0 Å². The summed E-state index contributed by atoms with van der Waals surface area (Å²) in [5.74, 6) is 0. The Kier molecular flexibility index (Phi) is 9.92. The molecule has 0 amide bonds. The standard InChI is InChI=1S/C43H52N2/c1-11-13-40(42-34(9)19-32(7)25-38(42)36-21-28(3)17-29(4)22-36)44-15-16-45(27-44)41(14-12-2)43-35(10)20-33(8)26-39(43)37-23-30(5)18-31(6)24-37/h15-26,40-41H,11-14H2,1-10H3/t40-,41-/m1/s1. The highest BCUT2D eigenvalue weighted by Gasteiger charge is 2.32. The van der Waals surface area contributed by atoms with Crippen molar-refractivity contribution < 1.29 is 0 Å². The molecule has 0 saturated carbocycles. The van der Waals surface area contributed by atoms with Crippen LogP contribution in [0, 0.1) is 62.1 Å². The van der Waals surface area contributed by atoms with E-state index in [-0.39, 0.29) is 12.1 Å². The van der Waals surface area contributed by atoms with E-state index in [1.807, 2.05) is 0 Å². The maximum absolute atomic E-state index is 3.90. The van der Waals surface area contributed by atoms with Crippen molar-refractivity contribution in [2.24, 2.45) is 0 Å². The molecule has 0 unspecified atom stereocenters.